The molecule has 0 saturated carbocycles. The summed E-state index contributed by atoms with van der Waals surface area (Å²) in [4.78, 5) is 3.55. The van der Waals surface area contributed by atoms with Crippen LogP contribution in [0.25, 0.3) is 0 Å². The van der Waals surface area contributed by atoms with Crippen LogP contribution in [0.4, 0.5) is 13.2 Å². The minimum atomic E-state index is -4.59. The van der Waals surface area contributed by atoms with Gasteiger partial charge in [0.2, 0.25) is 10.0 Å². The molecule has 1 aromatic carbocycles. The van der Waals surface area contributed by atoms with E-state index in [0.717, 1.165) is 18.6 Å². The Kier molecular flexibility index (Phi) is 5.71. The molecule has 1 fully saturated rings. The molecule has 3 rings (SSSR count). The van der Waals surface area contributed by atoms with Gasteiger partial charge in [-0.2, -0.15) is 17.5 Å². The van der Waals surface area contributed by atoms with E-state index in [1.165, 1.54) is 10.4 Å². The average Bonchev–Trinajstić information content (AvgIpc) is 2.67. The van der Waals surface area contributed by atoms with E-state index < -0.39 is 21.8 Å². The van der Waals surface area contributed by atoms with Crippen molar-refractivity contribution in [2.45, 2.75) is 23.9 Å². The number of sulfonamides is 1. The predicted molar refractivity (Wildman–Crippen MR) is 92.7 cm³/mol. The molecule has 0 bridgehead atoms. The predicted octanol–water partition coefficient (Wildman–Crippen LogP) is 3.58. The van der Waals surface area contributed by atoms with Gasteiger partial charge in [0.15, 0.2) is 0 Å². The van der Waals surface area contributed by atoms with E-state index in [4.69, 9.17) is 4.74 Å². The van der Waals surface area contributed by atoms with Gasteiger partial charge in [-0.15, -0.1) is 0 Å². The van der Waals surface area contributed by atoms with Crippen LogP contribution in [0.2, 0.25) is 0 Å². The number of ether oxygens (including phenoxy) is 1. The molecule has 2 aromatic rings. The molecule has 1 saturated heterocycles. The van der Waals surface area contributed by atoms with E-state index in [0.29, 0.717) is 24.8 Å². The lowest BCUT2D eigenvalue weighted by Gasteiger charge is -2.32. The molecule has 27 heavy (non-hydrogen) atoms. The van der Waals surface area contributed by atoms with Gasteiger partial charge in [-0.3, -0.25) is 4.98 Å². The summed E-state index contributed by atoms with van der Waals surface area (Å²) in [5.74, 6) is 0.607. The number of hydrogen-bond donors (Lipinski definition) is 0. The van der Waals surface area contributed by atoms with Gasteiger partial charge >= 0.3 is 6.18 Å². The quantitative estimate of drug-likeness (QED) is 0.770. The number of benzene rings is 1. The Hall–Kier alpha value is -2.13. The monoisotopic (exact) mass is 400 g/mol. The summed E-state index contributed by atoms with van der Waals surface area (Å²) >= 11 is 0. The van der Waals surface area contributed by atoms with Crippen molar-refractivity contribution in [3.63, 3.8) is 0 Å². The topological polar surface area (TPSA) is 59.5 Å². The molecule has 0 spiro atoms. The fraction of sp³-hybridized carbons (Fsp3) is 0.389. The van der Waals surface area contributed by atoms with E-state index in [1.54, 1.807) is 24.5 Å². The Morgan fingerprint density at radius 1 is 1.19 bits per heavy atom. The summed E-state index contributed by atoms with van der Waals surface area (Å²) in [6, 6.07) is 7.28. The Morgan fingerprint density at radius 3 is 2.63 bits per heavy atom. The van der Waals surface area contributed by atoms with Crippen LogP contribution in [0, 0.1) is 5.92 Å². The zero-order valence-corrected chi connectivity index (χ0v) is 15.2. The summed E-state index contributed by atoms with van der Waals surface area (Å²) in [6.45, 7) is 0.826. The Morgan fingerprint density at radius 2 is 1.93 bits per heavy atom. The number of aromatic nitrogens is 1. The van der Waals surface area contributed by atoms with Crippen molar-refractivity contribution in [2.75, 3.05) is 19.7 Å². The highest BCUT2D eigenvalue weighted by Gasteiger charge is 2.34. The van der Waals surface area contributed by atoms with Crippen LogP contribution in [-0.4, -0.2) is 37.4 Å². The summed E-state index contributed by atoms with van der Waals surface area (Å²) in [5, 5.41) is 0. The van der Waals surface area contributed by atoms with E-state index in [-0.39, 0.29) is 23.9 Å². The van der Waals surface area contributed by atoms with Gasteiger partial charge in [-0.25, -0.2) is 8.42 Å². The second kappa shape index (κ2) is 7.85. The van der Waals surface area contributed by atoms with E-state index in [2.05, 4.69) is 4.98 Å². The van der Waals surface area contributed by atoms with Gasteiger partial charge in [-0.1, -0.05) is 6.07 Å². The summed E-state index contributed by atoms with van der Waals surface area (Å²) < 4.78 is 71.2. The smallest absolute Gasteiger partial charge is 0.416 e. The van der Waals surface area contributed by atoms with Crippen molar-refractivity contribution in [3.8, 4) is 5.75 Å². The van der Waals surface area contributed by atoms with Crippen LogP contribution >= 0.6 is 0 Å². The number of halogens is 3. The second-order valence-corrected chi connectivity index (χ2v) is 8.33. The minimum Gasteiger partial charge on any atom is -0.493 e. The van der Waals surface area contributed by atoms with Gasteiger partial charge in [0.05, 0.1) is 17.1 Å². The number of pyridine rings is 1. The van der Waals surface area contributed by atoms with Crippen LogP contribution in [0.15, 0.2) is 53.7 Å². The molecule has 5 nitrogen and oxygen atoms in total. The number of piperidine rings is 1. The highest BCUT2D eigenvalue weighted by molar-refractivity contribution is 7.89. The normalized spacial score (nSPS) is 19.0. The fourth-order valence-corrected chi connectivity index (χ4v) is 4.61. The molecule has 146 valence electrons. The maximum Gasteiger partial charge on any atom is 0.416 e. The zero-order valence-electron chi connectivity index (χ0n) is 14.4. The minimum absolute atomic E-state index is 0.0347. The van der Waals surface area contributed by atoms with Crippen LogP contribution in [-0.2, 0) is 16.2 Å². The van der Waals surface area contributed by atoms with E-state index in [9.17, 15) is 21.6 Å². The molecule has 0 aliphatic carbocycles. The standard InChI is InChI=1S/C18H19F3N2O3S/c19-18(20,21)15-4-1-5-17(11-15)27(24,25)23-10-2-3-14(12-23)13-26-16-6-8-22-9-7-16/h1,4-9,11,14H,2-3,10,12-13H2. The van der Waals surface area contributed by atoms with Crippen molar-refractivity contribution < 1.29 is 26.3 Å². The highest BCUT2D eigenvalue weighted by atomic mass is 32.2. The molecular weight excluding hydrogens is 381 g/mol. The molecule has 1 unspecified atom stereocenters. The van der Waals surface area contributed by atoms with Crippen LogP contribution in [0.5, 0.6) is 5.75 Å². The molecule has 1 aliphatic heterocycles. The molecule has 0 amide bonds. The van der Waals surface area contributed by atoms with Crippen LogP contribution in [0.1, 0.15) is 18.4 Å². The molecule has 1 atom stereocenters. The lowest BCUT2D eigenvalue weighted by Crippen LogP contribution is -2.41. The highest BCUT2D eigenvalue weighted by Crippen LogP contribution is 2.32. The summed E-state index contributed by atoms with van der Waals surface area (Å²) in [7, 11) is -3.99. The lowest BCUT2D eigenvalue weighted by molar-refractivity contribution is -0.137. The largest absolute Gasteiger partial charge is 0.493 e. The van der Waals surface area contributed by atoms with Crippen LogP contribution < -0.4 is 4.74 Å². The number of nitrogens with zero attached hydrogens (tertiary/aromatic N) is 2. The first-order valence-electron chi connectivity index (χ1n) is 8.47. The lowest BCUT2D eigenvalue weighted by atomic mass is 10.0. The molecule has 2 heterocycles. The van der Waals surface area contributed by atoms with Crippen LogP contribution in [0.3, 0.4) is 0 Å². The molecular formula is C18H19F3N2O3S. The third kappa shape index (κ3) is 4.78. The second-order valence-electron chi connectivity index (χ2n) is 6.39. The molecule has 1 aromatic heterocycles. The maximum absolute atomic E-state index is 12.9. The van der Waals surface area contributed by atoms with Gasteiger partial charge < -0.3 is 4.74 Å². The molecule has 9 heteroatoms. The number of rotatable bonds is 5. The average molecular weight is 400 g/mol. The van der Waals surface area contributed by atoms with Gasteiger partial charge in [-0.05, 0) is 43.2 Å². The van der Waals surface area contributed by atoms with Gasteiger partial charge in [0.1, 0.15) is 5.75 Å². The SMILES string of the molecule is O=S(=O)(c1cccc(C(F)(F)F)c1)N1CCCC(COc2ccncc2)C1. The molecule has 0 N–H and O–H groups in total. The number of alkyl halides is 3. The first-order valence-corrected chi connectivity index (χ1v) is 9.91. The third-order valence-corrected chi connectivity index (χ3v) is 6.28. The molecule has 0 radical (unpaired) electrons. The summed E-state index contributed by atoms with van der Waals surface area (Å²) in [5.41, 5.74) is -0.974. The van der Waals surface area contributed by atoms with E-state index >= 15 is 0 Å². The first-order chi connectivity index (χ1) is 12.8. The van der Waals surface area contributed by atoms with Crippen molar-refractivity contribution in [1.82, 2.24) is 9.29 Å². The van der Waals surface area contributed by atoms with Crippen molar-refractivity contribution in [3.05, 3.63) is 54.4 Å². The van der Waals surface area contributed by atoms with Crippen molar-refractivity contribution in [2.24, 2.45) is 5.92 Å². The summed E-state index contributed by atoms with van der Waals surface area (Å²) in [6.07, 6.45) is 0.0256. The fourth-order valence-electron chi connectivity index (χ4n) is 3.01. The third-order valence-electron chi connectivity index (χ3n) is 4.42. The molecule has 1 aliphatic rings. The van der Waals surface area contributed by atoms with E-state index in [1.807, 2.05) is 0 Å². The zero-order chi connectivity index (χ0) is 19.5. The Balaban J connectivity index is 1.71. The Bertz CT molecular complexity index is 873. The maximum atomic E-state index is 12.9. The van der Waals surface area contributed by atoms with Gasteiger partial charge in [0, 0.05) is 31.4 Å². The van der Waals surface area contributed by atoms with Crippen molar-refractivity contribution in [1.29, 1.82) is 0 Å². The first kappa shape index (κ1) is 19.6. The Labute approximate surface area is 155 Å². The number of hydrogen-bond acceptors (Lipinski definition) is 4. The van der Waals surface area contributed by atoms with Gasteiger partial charge in [0.25, 0.3) is 0 Å². The van der Waals surface area contributed by atoms with Crippen molar-refractivity contribution >= 4 is 10.0 Å².